The predicted octanol–water partition coefficient (Wildman–Crippen LogP) is 5.10. The summed E-state index contributed by atoms with van der Waals surface area (Å²) in [5, 5.41) is 0. The molecule has 0 spiro atoms. The Kier molecular flexibility index (Phi) is 5.74. The summed E-state index contributed by atoms with van der Waals surface area (Å²) in [5.74, 6) is 0.227. The average molecular weight is 318 g/mol. The van der Waals surface area contributed by atoms with Crippen LogP contribution in [0.5, 0.6) is 11.5 Å². The van der Waals surface area contributed by atoms with Crippen LogP contribution in [0.1, 0.15) is 30.0 Å². The lowest BCUT2D eigenvalue weighted by atomic mass is 10.0. The molecule has 0 aromatic heterocycles. The highest BCUT2D eigenvalue weighted by Gasteiger charge is 2.11. The van der Waals surface area contributed by atoms with Gasteiger partial charge in [0.1, 0.15) is 23.1 Å². The van der Waals surface area contributed by atoms with Gasteiger partial charge in [0.05, 0.1) is 14.2 Å². The van der Waals surface area contributed by atoms with Crippen LogP contribution in [0.2, 0.25) is 0 Å². The molecule has 0 heterocycles. The number of methoxy groups -OCH3 is 2. The number of rotatable bonds is 6. The standard InChI is InChI=1S/C19H20F2O2/c1-4-6-15-18(22-2)11-13(12-19(15)23-3)9-10-14-16(20)7-5-8-17(14)21/h5,7-12H,4,6H2,1-3H3. The molecule has 0 bridgehead atoms. The highest BCUT2D eigenvalue weighted by molar-refractivity contribution is 5.72. The van der Waals surface area contributed by atoms with Crippen LogP contribution >= 0.6 is 0 Å². The van der Waals surface area contributed by atoms with Gasteiger partial charge in [0, 0.05) is 11.1 Å². The van der Waals surface area contributed by atoms with Crippen molar-refractivity contribution in [1.82, 2.24) is 0 Å². The Morgan fingerprint density at radius 1 is 0.957 bits per heavy atom. The lowest BCUT2D eigenvalue weighted by Crippen LogP contribution is -1.97. The van der Waals surface area contributed by atoms with Gasteiger partial charge in [0.2, 0.25) is 0 Å². The van der Waals surface area contributed by atoms with Gasteiger partial charge < -0.3 is 9.47 Å². The van der Waals surface area contributed by atoms with Crippen molar-refractivity contribution in [2.75, 3.05) is 14.2 Å². The highest BCUT2D eigenvalue weighted by Crippen LogP contribution is 2.32. The van der Waals surface area contributed by atoms with Crippen LogP contribution in [0.3, 0.4) is 0 Å². The fourth-order valence-corrected chi connectivity index (χ4v) is 2.45. The van der Waals surface area contributed by atoms with E-state index >= 15 is 0 Å². The van der Waals surface area contributed by atoms with E-state index < -0.39 is 11.6 Å². The third-order valence-electron chi connectivity index (χ3n) is 3.57. The summed E-state index contributed by atoms with van der Waals surface area (Å²) in [6, 6.07) is 7.47. The minimum Gasteiger partial charge on any atom is -0.496 e. The van der Waals surface area contributed by atoms with Crippen LogP contribution in [0.4, 0.5) is 8.78 Å². The summed E-state index contributed by atoms with van der Waals surface area (Å²) in [7, 11) is 3.19. The summed E-state index contributed by atoms with van der Waals surface area (Å²) in [6.45, 7) is 2.08. The van der Waals surface area contributed by atoms with Gasteiger partial charge in [-0.1, -0.05) is 25.5 Å². The molecule has 2 nitrogen and oxygen atoms in total. The average Bonchev–Trinajstić information content (AvgIpc) is 2.55. The lowest BCUT2D eigenvalue weighted by molar-refractivity contribution is 0.385. The molecule has 0 saturated carbocycles. The number of halogens is 2. The van der Waals surface area contributed by atoms with Crippen molar-refractivity contribution in [1.29, 1.82) is 0 Å². The number of hydrogen-bond donors (Lipinski definition) is 0. The van der Waals surface area contributed by atoms with Crippen LogP contribution in [-0.4, -0.2) is 14.2 Å². The number of benzene rings is 2. The lowest BCUT2D eigenvalue weighted by Gasteiger charge is -2.14. The third kappa shape index (κ3) is 3.89. The van der Waals surface area contributed by atoms with Crippen molar-refractivity contribution in [3.63, 3.8) is 0 Å². The van der Waals surface area contributed by atoms with Crippen LogP contribution in [0.15, 0.2) is 30.3 Å². The molecule has 0 saturated heterocycles. The molecular formula is C19H20F2O2. The van der Waals surface area contributed by atoms with Crippen molar-refractivity contribution >= 4 is 12.2 Å². The highest BCUT2D eigenvalue weighted by atomic mass is 19.1. The van der Waals surface area contributed by atoms with Gasteiger partial charge in [-0.2, -0.15) is 0 Å². The second-order valence-electron chi connectivity index (χ2n) is 5.12. The molecular weight excluding hydrogens is 298 g/mol. The first-order chi connectivity index (χ1) is 11.1. The van der Waals surface area contributed by atoms with Gasteiger partial charge >= 0.3 is 0 Å². The maximum Gasteiger partial charge on any atom is 0.133 e. The first-order valence-corrected chi connectivity index (χ1v) is 7.47. The Hall–Kier alpha value is -2.36. The van der Waals surface area contributed by atoms with Gasteiger partial charge in [-0.3, -0.25) is 0 Å². The molecule has 0 aliphatic rings. The minimum atomic E-state index is -0.595. The van der Waals surface area contributed by atoms with E-state index in [9.17, 15) is 8.78 Å². The van der Waals surface area contributed by atoms with E-state index in [1.807, 2.05) is 12.1 Å². The van der Waals surface area contributed by atoms with Gasteiger partial charge in [0.15, 0.2) is 0 Å². The van der Waals surface area contributed by atoms with Crippen molar-refractivity contribution in [2.24, 2.45) is 0 Å². The van der Waals surface area contributed by atoms with Crippen LogP contribution in [0, 0.1) is 11.6 Å². The Morgan fingerprint density at radius 3 is 2.00 bits per heavy atom. The molecule has 0 aliphatic heterocycles. The topological polar surface area (TPSA) is 18.5 Å². The maximum atomic E-state index is 13.7. The molecule has 0 radical (unpaired) electrons. The Morgan fingerprint density at radius 2 is 1.52 bits per heavy atom. The molecule has 4 heteroatoms. The molecule has 2 aromatic rings. The zero-order valence-electron chi connectivity index (χ0n) is 13.5. The van der Waals surface area contributed by atoms with Gasteiger partial charge in [0.25, 0.3) is 0 Å². The molecule has 0 fully saturated rings. The zero-order valence-corrected chi connectivity index (χ0v) is 13.5. The normalized spacial score (nSPS) is 11.0. The Bertz CT molecular complexity index is 663. The molecule has 0 atom stereocenters. The Labute approximate surface area is 135 Å². The molecule has 0 unspecified atom stereocenters. The molecule has 122 valence electrons. The second-order valence-corrected chi connectivity index (χ2v) is 5.12. The van der Waals surface area contributed by atoms with Gasteiger partial charge in [-0.05, 0) is 42.3 Å². The molecule has 23 heavy (non-hydrogen) atoms. The fraction of sp³-hybridized carbons (Fsp3) is 0.263. The summed E-state index contributed by atoms with van der Waals surface area (Å²) >= 11 is 0. The largest absolute Gasteiger partial charge is 0.496 e. The molecule has 0 amide bonds. The maximum absolute atomic E-state index is 13.7. The van der Waals surface area contributed by atoms with Crippen LogP contribution in [-0.2, 0) is 6.42 Å². The van der Waals surface area contributed by atoms with Gasteiger partial charge in [-0.15, -0.1) is 0 Å². The monoisotopic (exact) mass is 318 g/mol. The predicted molar refractivity (Wildman–Crippen MR) is 88.8 cm³/mol. The third-order valence-corrected chi connectivity index (χ3v) is 3.57. The van der Waals surface area contributed by atoms with Crippen LogP contribution in [0.25, 0.3) is 12.2 Å². The minimum absolute atomic E-state index is 0.0666. The van der Waals surface area contributed by atoms with Crippen molar-refractivity contribution in [3.05, 3.63) is 58.7 Å². The van der Waals surface area contributed by atoms with E-state index in [1.54, 1.807) is 20.3 Å². The smallest absolute Gasteiger partial charge is 0.133 e. The number of hydrogen-bond acceptors (Lipinski definition) is 2. The fourth-order valence-electron chi connectivity index (χ4n) is 2.45. The zero-order chi connectivity index (χ0) is 16.8. The first-order valence-electron chi connectivity index (χ1n) is 7.47. The van der Waals surface area contributed by atoms with E-state index in [0.29, 0.717) is 11.5 Å². The SMILES string of the molecule is CCCc1c(OC)cc(C=Cc2c(F)cccc2F)cc1OC. The van der Waals surface area contributed by atoms with E-state index in [0.717, 1.165) is 24.0 Å². The van der Waals surface area contributed by atoms with Crippen molar-refractivity contribution in [2.45, 2.75) is 19.8 Å². The molecule has 2 rings (SSSR count). The van der Waals surface area contributed by atoms with E-state index in [1.165, 1.54) is 24.3 Å². The van der Waals surface area contributed by atoms with Gasteiger partial charge in [-0.25, -0.2) is 8.78 Å². The second kappa shape index (κ2) is 7.77. The van der Waals surface area contributed by atoms with Crippen molar-refractivity contribution in [3.8, 4) is 11.5 Å². The molecule has 0 aliphatic carbocycles. The Balaban J connectivity index is 2.42. The number of ether oxygens (including phenoxy) is 2. The summed E-state index contributed by atoms with van der Waals surface area (Å²) in [6.07, 6.45) is 4.85. The van der Waals surface area contributed by atoms with E-state index in [4.69, 9.17) is 9.47 Å². The van der Waals surface area contributed by atoms with E-state index in [2.05, 4.69) is 6.92 Å². The summed E-state index contributed by atoms with van der Waals surface area (Å²) < 4.78 is 38.2. The quantitative estimate of drug-likeness (QED) is 0.690. The summed E-state index contributed by atoms with van der Waals surface area (Å²) in [5.41, 5.74) is 1.68. The van der Waals surface area contributed by atoms with Crippen LogP contribution < -0.4 is 9.47 Å². The van der Waals surface area contributed by atoms with Crippen molar-refractivity contribution < 1.29 is 18.3 Å². The molecule has 0 N–H and O–H groups in total. The van der Waals surface area contributed by atoms with E-state index in [-0.39, 0.29) is 5.56 Å². The first kappa shape index (κ1) is 17.0. The molecule has 2 aromatic carbocycles. The summed E-state index contributed by atoms with van der Waals surface area (Å²) in [4.78, 5) is 0.